The molecule has 0 unspecified atom stereocenters. The number of carbonyl (C=O) groups is 3. The fourth-order valence-corrected chi connectivity index (χ4v) is 6.47. The lowest BCUT2D eigenvalue weighted by Gasteiger charge is -2.29. The molecule has 1 aliphatic heterocycles. The van der Waals surface area contributed by atoms with Crippen molar-refractivity contribution in [2.75, 3.05) is 29.6 Å². The Morgan fingerprint density at radius 3 is 2.61 bits per heavy atom. The number of hydrogen-bond acceptors (Lipinski definition) is 7. The van der Waals surface area contributed by atoms with Gasteiger partial charge in [0.15, 0.2) is 14.6 Å². The number of anilines is 1. The molecule has 0 N–H and O–H groups in total. The van der Waals surface area contributed by atoms with E-state index in [1.165, 1.54) is 16.2 Å². The summed E-state index contributed by atoms with van der Waals surface area (Å²) in [5.41, 5.74) is 2.87. The predicted octanol–water partition coefficient (Wildman–Crippen LogP) is 2.72. The van der Waals surface area contributed by atoms with E-state index in [-0.39, 0.29) is 6.61 Å². The minimum absolute atomic E-state index is 0.257. The van der Waals surface area contributed by atoms with Crippen molar-refractivity contribution in [2.24, 2.45) is 4.99 Å². The lowest BCUT2D eigenvalue weighted by Crippen LogP contribution is -2.40. The molecule has 1 aliphatic rings. The number of rotatable bonds is 7. The van der Waals surface area contributed by atoms with Gasteiger partial charge in [-0.2, -0.15) is 4.99 Å². The number of esters is 1. The highest BCUT2D eigenvalue weighted by Gasteiger charge is 2.28. The number of ether oxygens (including phenoxy) is 1. The predicted molar refractivity (Wildman–Crippen MR) is 138 cm³/mol. The molecule has 2 heterocycles. The average molecular weight is 530 g/mol. The second-order valence-corrected chi connectivity index (χ2v) is 11.4. The summed E-state index contributed by atoms with van der Waals surface area (Å²) < 4.78 is 33.0. The zero-order valence-electron chi connectivity index (χ0n) is 20.1. The molecule has 0 radical (unpaired) electrons. The van der Waals surface area contributed by atoms with E-state index in [0.717, 1.165) is 34.3 Å². The Hall–Kier alpha value is -3.31. The van der Waals surface area contributed by atoms with Gasteiger partial charge in [-0.3, -0.25) is 9.59 Å². The van der Waals surface area contributed by atoms with Gasteiger partial charge in [0.05, 0.1) is 22.4 Å². The Labute approximate surface area is 212 Å². The highest BCUT2D eigenvalue weighted by atomic mass is 32.2. The summed E-state index contributed by atoms with van der Waals surface area (Å²) in [5.74, 6) is -3.46. The second kappa shape index (κ2) is 10.8. The Bertz CT molecular complexity index is 1500. The molecule has 36 heavy (non-hydrogen) atoms. The van der Waals surface area contributed by atoms with Crippen molar-refractivity contribution >= 4 is 54.9 Å². The summed E-state index contributed by atoms with van der Waals surface area (Å²) in [5, 5.41) is 0. The Balaban J connectivity index is 1.53. The van der Waals surface area contributed by atoms with Crippen LogP contribution in [-0.4, -0.2) is 55.4 Å². The minimum Gasteiger partial charge on any atom is -0.462 e. The third-order valence-corrected chi connectivity index (χ3v) is 8.24. The third-order valence-electron chi connectivity index (χ3n) is 5.83. The maximum atomic E-state index is 12.8. The number of fused-ring (bicyclic) bond motifs is 2. The highest BCUT2D eigenvalue weighted by Crippen LogP contribution is 2.27. The lowest BCUT2D eigenvalue weighted by molar-refractivity contribution is -0.116. The number of aryl methyl sites for hydroxylation is 2. The number of amides is 2. The number of nitrogens with zero attached hydrogens (tertiary/aromatic N) is 3. The van der Waals surface area contributed by atoms with Crippen molar-refractivity contribution in [3.05, 3.63) is 58.4 Å². The van der Waals surface area contributed by atoms with Crippen LogP contribution < -0.4 is 9.70 Å². The third kappa shape index (κ3) is 5.57. The van der Waals surface area contributed by atoms with Crippen molar-refractivity contribution in [3.8, 4) is 0 Å². The lowest BCUT2D eigenvalue weighted by atomic mass is 10.0. The van der Waals surface area contributed by atoms with Crippen LogP contribution in [0.2, 0.25) is 0 Å². The molecule has 1 aromatic heterocycles. The van der Waals surface area contributed by atoms with Gasteiger partial charge in [0, 0.05) is 18.8 Å². The smallest absolute Gasteiger partial charge is 0.338 e. The first-order valence-electron chi connectivity index (χ1n) is 11.7. The molecule has 11 heteroatoms. The molecular weight excluding hydrogens is 502 g/mol. The van der Waals surface area contributed by atoms with Crippen molar-refractivity contribution in [3.63, 3.8) is 0 Å². The number of aromatic nitrogens is 1. The van der Waals surface area contributed by atoms with Crippen LogP contribution in [0.25, 0.3) is 10.2 Å². The summed E-state index contributed by atoms with van der Waals surface area (Å²) in [6.07, 6.45) is 1.58. The quantitative estimate of drug-likeness (QED) is 0.435. The van der Waals surface area contributed by atoms with E-state index >= 15 is 0 Å². The van der Waals surface area contributed by atoms with Gasteiger partial charge in [0.2, 0.25) is 5.91 Å². The number of carbonyl (C=O) groups excluding carboxylic acids is 3. The Morgan fingerprint density at radius 1 is 1.08 bits per heavy atom. The summed E-state index contributed by atoms with van der Waals surface area (Å²) in [7, 11) is -4.03. The number of para-hydroxylation sites is 1. The molecule has 0 saturated heterocycles. The fraction of sp³-hybridized carbons (Fsp3) is 0.360. The summed E-state index contributed by atoms with van der Waals surface area (Å²) in [6, 6.07) is 12.5. The van der Waals surface area contributed by atoms with Crippen molar-refractivity contribution in [2.45, 2.75) is 33.2 Å². The molecule has 0 aliphatic carbocycles. The summed E-state index contributed by atoms with van der Waals surface area (Å²) >= 11 is 1.18. The van der Waals surface area contributed by atoms with Crippen LogP contribution >= 0.6 is 11.3 Å². The highest BCUT2D eigenvalue weighted by molar-refractivity contribution is 7.92. The first-order valence-corrected chi connectivity index (χ1v) is 14.3. The molecule has 0 bridgehead atoms. The minimum atomic E-state index is -4.03. The number of benzene rings is 2. The molecule has 3 aromatic rings. The normalized spacial score (nSPS) is 14.1. The topological polar surface area (TPSA) is 115 Å². The molecule has 4 rings (SSSR count). The Kier molecular flexibility index (Phi) is 7.70. The van der Waals surface area contributed by atoms with Gasteiger partial charge < -0.3 is 14.2 Å². The largest absolute Gasteiger partial charge is 0.462 e. The van der Waals surface area contributed by atoms with Gasteiger partial charge in [0.1, 0.15) is 11.5 Å². The monoisotopic (exact) mass is 529 g/mol. The van der Waals surface area contributed by atoms with Crippen LogP contribution in [0.3, 0.4) is 0 Å². The molecule has 9 nitrogen and oxygen atoms in total. The average Bonchev–Trinajstić information content (AvgIpc) is 3.18. The van der Waals surface area contributed by atoms with Gasteiger partial charge in [-0.1, -0.05) is 29.5 Å². The zero-order valence-corrected chi connectivity index (χ0v) is 21.7. The van der Waals surface area contributed by atoms with E-state index in [1.807, 2.05) is 25.1 Å². The van der Waals surface area contributed by atoms with Crippen molar-refractivity contribution in [1.29, 1.82) is 0 Å². The maximum Gasteiger partial charge on any atom is 0.338 e. The number of sulfone groups is 1. The molecule has 0 fully saturated rings. The molecule has 0 spiro atoms. The first kappa shape index (κ1) is 25.8. The molecule has 0 atom stereocenters. The van der Waals surface area contributed by atoms with Gasteiger partial charge in [-0.15, -0.1) is 0 Å². The summed E-state index contributed by atoms with van der Waals surface area (Å²) in [4.78, 5) is 43.4. The van der Waals surface area contributed by atoms with E-state index in [2.05, 4.69) is 4.99 Å². The first-order chi connectivity index (χ1) is 17.2. The van der Waals surface area contributed by atoms with Crippen LogP contribution in [0.1, 0.15) is 36.2 Å². The number of thiazole rings is 1. The fourth-order valence-electron chi connectivity index (χ4n) is 4.24. The van der Waals surface area contributed by atoms with Gasteiger partial charge in [-0.05, 0) is 56.5 Å². The molecular formula is C25H27N3O6S2. The second-order valence-electron chi connectivity index (χ2n) is 8.35. The van der Waals surface area contributed by atoms with Crippen LogP contribution in [-0.2, 0) is 37.1 Å². The number of hydrogen-bond donors (Lipinski definition) is 0. The molecule has 2 amide bonds. The standard InChI is InChI=1S/C25H27N3O6S2/c1-3-27-20-12-11-18(24(31)34-4-2)14-21(20)35-25(27)26-22(29)15-36(32,33)16-23(30)28-13-7-9-17-8-5-6-10-19(17)28/h5-6,8,10-12,14H,3-4,7,9,13,15-16H2,1-2H3. The van der Waals surface area contributed by atoms with Crippen LogP contribution in [0.5, 0.6) is 0 Å². The maximum absolute atomic E-state index is 12.8. The van der Waals surface area contributed by atoms with Crippen LogP contribution in [0.15, 0.2) is 47.5 Å². The van der Waals surface area contributed by atoms with E-state index in [9.17, 15) is 22.8 Å². The van der Waals surface area contributed by atoms with Crippen LogP contribution in [0, 0.1) is 0 Å². The van der Waals surface area contributed by atoms with Gasteiger partial charge in [-0.25, -0.2) is 13.2 Å². The SMILES string of the molecule is CCOC(=O)c1ccc2c(c1)sc(=NC(=O)CS(=O)(=O)CC(=O)N1CCCc3ccccc31)n2CC. The van der Waals surface area contributed by atoms with Gasteiger partial charge >= 0.3 is 5.97 Å². The summed E-state index contributed by atoms with van der Waals surface area (Å²) in [6.45, 7) is 4.79. The molecule has 190 valence electrons. The van der Waals surface area contributed by atoms with Crippen molar-refractivity contribution in [1.82, 2.24) is 4.57 Å². The van der Waals surface area contributed by atoms with Gasteiger partial charge in [0.25, 0.3) is 5.91 Å². The zero-order chi connectivity index (χ0) is 25.9. The van der Waals surface area contributed by atoms with E-state index in [0.29, 0.717) is 23.5 Å². The van der Waals surface area contributed by atoms with E-state index < -0.39 is 39.1 Å². The molecule has 2 aromatic carbocycles. The van der Waals surface area contributed by atoms with E-state index in [4.69, 9.17) is 4.74 Å². The van der Waals surface area contributed by atoms with E-state index in [1.54, 1.807) is 35.8 Å². The van der Waals surface area contributed by atoms with Crippen LogP contribution in [0.4, 0.5) is 5.69 Å². The molecule has 0 saturated carbocycles. The Morgan fingerprint density at radius 2 is 1.86 bits per heavy atom. The van der Waals surface area contributed by atoms with Crippen molar-refractivity contribution < 1.29 is 27.5 Å².